The van der Waals surface area contributed by atoms with Crippen LogP contribution in [0.5, 0.6) is 5.75 Å². The van der Waals surface area contributed by atoms with Crippen molar-refractivity contribution in [3.63, 3.8) is 0 Å². The van der Waals surface area contributed by atoms with Crippen LogP contribution in [-0.4, -0.2) is 41.0 Å². The molecule has 1 aliphatic carbocycles. The number of aromatic nitrogens is 1. The fraction of sp³-hybridized carbons (Fsp3) is 0.476. The van der Waals surface area contributed by atoms with Crippen molar-refractivity contribution >= 4 is 34.4 Å². The molecule has 1 aromatic carbocycles. The Morgan fingerprint density at radius 2 is 1.83 bits per heavy atom. The molecule has 1 spiro atoms. The lowest BCUT2D eigenvalue weighted by molar-refractivity contribution is -0.224. The number of hydrogen-bond donors (Lipinski definition) is 0. The van der Waals surface area contributed by atoms with Crippen molar-refractivity contribution < 1.29 is 28.5 Å². The molecule has 29 heavy (non-hydrogen) atoms. The molecule has 1 saturated carbocycles. The number of pyridine rings is 1. The molecule has 7 nitrogen and oxygen atoms in total. The van der Waals surface area contributed by atoms with Crippen LogP contribution in [0.3, 0.4) is 0 Å². The molecule has 2 aliphatic rings. The Labute approximate surface area is 173 Å². The van der Waals surface area contributed by atoms with Crippen LogP contribution in [0, 0.1) is 5.92 Å². The minimum Gasteiger partial charge on any atom is -0.490 e. The molecule has 1 aliphatic heterocycles. The van der Waals surface area contributed by atoms with Crippen molar-refractivity contribution in [2.24, 2.45) is 5.92 Å². The van der Waals surface area contributed by atoms with Crippen LogP contribution in [-0.2, 0) is 23.8 Å². The van der Waals surface area contributed by atoms with E-state index in [2.05, 4.69) is 4.98 Å². The summed E-state index contributed by atoms with van der Waals surface area (Å²) >= 11 is 5.97. The molecule has 4 rings (SSSR count). The van der Waals surface area contributed by atoms with Gasteiger partial charge < -0.3 is 18.9 Å². The minimum absolute atomic E-state index is 0.0665. The third-order valence-corrected chi connectivity index (χ3v) is 5.82. The lowest BCUT2D eigenvalue weighted by atomic mass is 9.69. The van der Waals surface area contributed by atoms with Gasteiger partial charge in [-0.15, -0.1) is 0 Å². The Morgan fingerprint density at radius 3 is 2.52 bits per heavy atom. The summed E-state index contributed by atoms with van der Waals surface area (Å²) in [6.45, 7) is 4.57. The normalized spacial score (nSPS) is 30.8. The number of carbonyl (C=O) groups is 2. The zero-order chi connectivity index (χ0) is 20.8. The quantitative estimate of drug-likeness (QED) is 0.552. The van der Waals surface area contributed by atoms with Crippen molar-refractivity contribution in [1.82, 2.24) is 4.98 Å². The minimum atomic E-state index is -0.903. The van der Waals surface area contributed by atoms with E-state index in [4.69, 9.17) is 30.5 Å². The number of hydrogen-bond acceptors (Lipinski definition) is 7. The molecule has 1 saturated heterocycles. The van der Waals surface area contributed by atoms with Gasteiger partial charge in [0.25, 0.3) is 0 Å². The number of halogens is 1. The van der Waals surface area contributed by atoms with Crippen molar-refractivity contribution in [3.8, 4) is 5.75 Å². The lowest BCUT2D eigenvalue weighted by Gasteiger charge is -2.46. The first-order valence-electron chi connectivity index (χ1n) is 9.51. The highest BCUT2D eigenvalue weighted by Gasteiger charge is 2.62. The standard InChI is InChI=1S/C21H22ClNO6/c1-11-19(26-12(2)24)20(27-13(3)25)29-21(11)9-16(10-21)28-15-6-4-14-5-7-18(22)23-17(14)8-15/h4-8,11,16,19-20H,9-10H2,1-3H3/t11-,16-,19?,20?,21-/m0/s1. The molecule has 0 N–H and O–H groups in total. The summed E-state index contributed by atoms with van der Waals surface area (Å²) in [7, 11) is 0. The number of fused-ring (bicyclic) bond motifs is 1. The van der Waals surface area contributed by atoms with E-state index in [9.17, 15) is 9.59 Å². The number of benzene rings is 1. The van der Waals surface area contributed by atoms with Crippen LogP contribution in [0.1, 0.15) is 33.6 Å². The first-order chi connectivity index (χ1) is 13.8. The van der Waals surface area contributed by atoms with Crippen LogP contribution < -0.4 is 4.74 Å². The highest BCUT2D eigenvalue weighted by molar-refractivity contribution is 6.29. The average molecular weight is 420 g/mol. The zero-order valence-corrected chi connectivity index (χ0v) is 17.1. The van der Waals surface area contributed by atoms with Gasteiger partial charge in [0.15, 0.2) is 6.10 Å². The van der Waals surface area contributed by atoms with Crippen LogP contribution >= 0.6 is 11.6 Å². The zero-order valence-electron chi connectivity index (χ0n) is 16.4. The van der Waals surface area contributed by atoms with Gasteiger partial charge in [-0.05, 0) is 24.3 Å². The predicted molar refractivity (Wildman–Crippen MR) is 104 cm³/mol. The van der Waals surface area contributed by atoms with Gasteiger partial charge in [-0.25, -0.2) is 4.98 Å². The number of esters is 2. The average Bonchev–Trinajstić information content (AvgIpc) is 2.86. The molecule has 154 valence electrons. The van der Waals surface area contributed by atoms with E-state index in [0.717, 1.165) is 10.9 Å². The topological polar surface area (TPSA) is 84.0 Å². The van der Waals surface area contributed by atoms with E-state index >= 15 is 0 Å². The van der Waals surface area contributed by atoms with Gasteiger partial charge in [0.2, 0.25) is 6.29 Å². The Kier molecular flexibility index (Phi) is 5.12. The first-order valence-corrected chi connectivity index (χ1v) is 9.89. The molecule has 0 amide bonds. The molecule has 1 aromatic heterocycles. The molecule has 3 atom stereocenters. The first kappa shape index (κ1) is 19.9. The number of ether oxygens (including phenoxy) is 4. The molecule has 0 bridgehead atoms. The summed E-state index contributed by atoms with van der Waals surface area (Å²) in [5.41, 5.74) is 0.211. The van der Waals surface area contributed by atoms with Gasteiger partial charge in [-0.2, -0.15) is 0 Å². The lowest BCUT2D eigenvalue weighted by Crippen LogP contribution is -2.54. The third kappa shape index (κ3) is 3.89. The Bertz CT molecular complexity index is 957. The summed E-state index contributed by atoms with van der Waals surface area (Å²) in [5.74, 6) is -0.349. The maximum absolute atomic E-state index is 11.5. The van der Waals surface area contributed by atoms with Gasteiger partial charge in [0, 0.05) is 44.1 Å². The monoisotopic (exact) mass is 419 g/mol. The van der Waals surface area contributed by atoms with E-state index in [0.29, 0.717) is 23.7 Å². The highest BCUT2D eigenvalue weighted by Crippen LogP contribution is 2.51. The van der Waals surface area contributed by atoms with Crippen LogP contribution in [0.4, 0.5) is 0 Å². The summed E-state index contributed by atoms with van der Waals surface area (Å²) < 4.78 is 22.8. The van der Waals surface area contributed by atoms with E-state index < -0.39 is 29.9 Å². The second kappa shape index (κ2) is 7.46. The van der Waals surface area contributed by atoms with Gasteiger partial charge in [-0.3, -0.25) is 9.59 Å². The molecule has 8 heteroatoms. The van der Waals surface area contributed by atoms with E-state index in [-0.39, 0.29) is 12.0 Å². The Balaban J connectivity index is 1.45. The largest absolute Gasteiger partial charge is 0.490 e. The van der Waals surface area contributed by atoms with E-state index in [1.165, 1.54) is 13.8 Å². The highest BCUT2D eigenvalue weighted by atomic mass is 35.5. The smallest absolute Gasteiger partial charge is 0.305 e. The summed E-state index contributed by atoms with van der Waals surface area (Å²) in [6.07, 6.45) is -0.401. The van der Waals surface area contributed by atoms with E-state index in [1.54, 1.807) is 6.07 Å². The molecular weight excluding hydrogens is 398 g/mol. The Hall–Kier alpha value is -2.38. The summed E-state index contributed by atoms with van der Waals surface area (Å²) in [5, 5.41) is 1.41. The molecule has 2 aromatic rings. The van der Waals surface area contributed by atoms with Gasteiger partial charge in [-0.1, -0.05) is 18.5 Å². The van der Waals surface area contributed by atoms with Crippen LogP contribution in [0.15, 0.2) is 30.3 Å². The summed E-state index contributed by atoms with van der Waals surface area (Å²) in [6, 6.07) is 9.34. The molecular formula is C21H22ClNO6. The predicted octanol–water partition coefficient (Wildman–Crippen LogP) is 3.66. The second-order valence-corrected chi connectivity index (χ2v) is 8.05. The fourth-order valence-electron chi connectivity index (χ4n) is 4.14. The molecule has 0 radical (unpaired) electrons. The number of carbonyl (C=O) groups excluding carboxylic acids is 2. The fourth-order valence-corrected chi connectivity index (χ4v) is 4.30. The molecule has 2 unspecified atom stereocenters. The van der Waals surface area contributed by atoms with E-state index in [1.807, 2.05) is 31.2 Å². The van der Waals surface area contributed by atoms with Gasteiger partial charge in [0.05, 0.1) is 11.1 Å². The van der Waals surface area contributed by atoms with Gasteiger partial charge in [0.1, 0.15) is 17.0 Å². The second-order valence-electron chi connectivity index (χ2n) is 7.66. The van der Waals surface area contributed by atoms with Crippen LogP contribution in [0.25, 0.3) is 10.9 Å². The van der Waals surface area contributed by atoms with Crippen molar-refractivity contribution in [1.29, 1.82) is 0 Å². The van der Waals surface area contributed by atoms with Crippen molar-refractivity contribution in [2.75, 3.05) is 0 Å². The third-order valence-electron chi connectivity index (χ3n) is 5.60. The maximum atomic E-state index is 11.5. The SMILES string of the molecule is CC(=O)OC1O[C@]2(C[C@H](Oc3ccc4ccc(Cl)nc4c3)C2)[C@@H](C)C1OC(C)=O. The number of nitrogens with zero attached hydrogens (tertiary/aromatic N) is 1. The van der Waals surface area contributed by atoms with Crippen molar-refractivity contribution in [3.05, 3.63) is 35.5 Å². The van der Waals surface area contributed by atoms with Crippen LogP contribution in [0.2, 0.25) is 5.15 Å². The molecule has 2 fully saturated rings. The summed E-state index contributed by atoms with van der Waals surface area (Å²) in [4.78, 5) is 27.2. The maximum Gasteiger partial charge on any atom is 0.305 e. The molecule has 2 heterocycles. The Morgan fingerprint density at radius 1 is 1.14 bits per heavy atom. The van der Waals surface area contributed by atoms with Crippen molar-refractivity contribution in [2.45, 2.75) is 57.7 Å². The number of rotatable bonds is 4. The van der Waals surface area contributed by atoms with Gasteiger partial charge >= 0.3 is 11.9 Å².